The topological polar surface area (TPSA) is 106 Å². The second-order valence-electron chi connectivity index (χ2n) is 7.23. The molecule has 2 aliphatic heterocycles. The van der Waals surface area contributed by atoms with E-state index in [2.05, 4.69) is 4.98 Å². The molecule has 0 aliphatic carbocycles. The van der Waals surface area contributed by atoms with E-state index in [1.807, 2.05) is 13.0 Å². The third-order valence-corrected chi connectivity index (χ3v) is 5.34. The van der Waals surface area contributed by atoms with Gasteiger partial charge in [-0.05, 0) is 35.7 Å². The summed E-state index contributed by atoms with van der Waals surface area (Å²) in [5, 5.41) is 9.58. The molecule has 3 heterocycles. The Morgan fingerprint density at radius 1 is 1.24 bits per heavy atom. The van der Waals surface area contributed by atoms with Crippen LogP contribution in [0.5, 0.6) is 11.5 Å². The normalized spacial score (nSPS) is 20.9. The highest BCUT2D eigenvalue weighted by Crippen LogP contribution is 2.36. The first kappa shape index (κ1) is 18.9. The van der Waals surface area contributed by atoms with Crippen molar-refractivity contribution in [1.29, 1.82) is 0 Å². The Bertz CT molecular complexity index is 961. The summed E-state index contributed by atoms with van der Waals surface area (Å²) in [5.74, 6) is -1.89. The molecule has 1 aromatic heterocycles. The van der Waals surface area contributed by atoms with E-state index >= 15 is 0 Å². The fourth-order valence-corrected chi connectivity index (χ4v) is 3.75. The molecule has 2 amide bonds. The second kappa shape index (κ2) is 7.54. The maximum atomic E-state index is 12.7. The van der Waals surface area contributed by atoms with Crippen molar-refractivity contribution in [2.24, 2.45) is 5.92 Å². The van der Waals surface area contributed by atoms with Crippen molar-refractivity contribution >= 4 is 17.8 Å². The molecule has 4 rings (SSSR count). The van der Waals surface area contributed by atoms with Gasteiger partial charge in [0.15, 0.2) is 11.5 Å². The molecule has 0 unspecified atom stereocenters. The average molecular weight is 396 g/mol. The number of aromatic nitrogens is 1. The van der Waals surface area contributed by atoms with E-state index in [4.69, 9.17) is 9.47 Å². The molecule has 0 saturated carbocycles. The van der Waals surface area contributed by atoms with Gasteiger partial charge in [0.1, 0.15) is 6.04 Å². The number of amides is 2. The minimum atomic E-state index is -1.19. The second-order valence-corrected chi connectivity index (χ2v) is 7.23. The molecule has 8 nitrogen and oxygen atoms in total. The molecule has 2 aromatic rings. The highest BCUT2D eigenvalue weighted by Gasteiger charge is 2.54. The van der Waals surface area contributed by atoms with Gasteiger partial charge in [0.2, 0.25) is 18.6 Å². The molecule has 2 aliphatic rings. The number of imide groups is 1. The number of aliphatic carboxylic acids is 1. The van der Waals surface area contributed by atoms with Gasteiger partial charge in [-0.1, -0.05) is 19.1 Å². The van der Waals surface area contributed by atoms with Crippen LogP contribution >= 0.6 is 0 Å². The number of fused-ring (bicyclic) bond motifs is 1. The predicted molar refractivity (Wildman–Crippen MR) is 100 cm³/mol. The van der Waals surface area contributed by atoms with E-state index in [0.29, 0.717) is 17.2 Å². The summed E-state index contributed by atoms with van der Waals surface area (Å²) in [5.41, 5.74) is 1.48. The predicted octanol–water partition coefficient (Wildman–Crippen LogP) is 1.98. The molecule has 1 fully saturated rings. The molecule has 1 aromatic carbocycles. The van der Waals surface area contributed by atoms with Gasteiger partial charge in [-0.3, -0.25) is 19.5 Å². The van der Waals surface area contributed by atoms with Crippen LogP contribution in [0.25, 0.3) is 0 Å². The van der Waals surface area contributed by atoms with Crippen molar-refractivity contribution in [1.82, 2.24) is 9.88 Å². The van der Waals surface area contributed by atoms with Crippen LogP contribution in [0, 0.1) is 5.92 Å². The average Bonchev–Trinajstić information content (AvgIpc) is 3.18. The molecule has 1 N–H and O–H groups in total. The molecular weight excluding hydrogens is 376 g/mol. The van der Waals surface area contributed by atoms with Crippen LogP contribution in [0.2, 0.25) is 0 Å². The number of carboxylic acid groups (broad SMARTS) is 1. The van der Waals surface area contributed by atoms with Crippen LogP contribution in [0.4, 0.5) is 0 Å². The van der Waals surface area contributed by atoms with Gasteiger partial charge in [-0.15, -0.1) is 0 Å². The minimum absolute atomic E-state index is 0.0193. The summed E-state index contributed by atoms with van der Waals surface area (Å²) in [4.78, 5) is 42.1. The maximum absolute atomic E-state index is 12.7. The Balaban J connectivity index is 1.45. The molecule has 29 heavy (non-hydrogen) atoms. The smallest absolute Gasteiger partial charge is 0.327 e. The van der Waals surface area contributed by atoms with Crippen molar-refractivity contribution in [3.8, 4) is 11.5 Å². The number of hydrogen-bond donors (Lipinski definition) is 1. The van der Waals surface area contributed by atoms with Gasteiger partial charge < -0.3 is 14.6 Å². The molecule has 8 heteroatoms. The standard InChI is InChI=1S/C21H20N2O6/c1-12(13-5-6-16-17(9-13)29-11-28-16)8-18(24)23-19(21(26)27)15(20(23)25)10-14-4-2-3-7-22-14/h2-7,9,12,15,19H,8,10-11H2,1H3,(H,26,27)/t12-,15+,19-/m0/s1. The van der Waals surface area contributed by atoms with Gasteiger partial charge in [-0.25, -0.2) is 4.79 Å². The Morgan fingerprint density at radius 2 is 2.03 bits per heavy atom. The molecular formula is C21H20N2O6. The van der Waals surface area contributed by atoms with E-state index in [-0.39, 0.29) is 25.6 Å². The largest absolute Gasteiger partial charge is 0.480 e. The van der Waals surface area contributed by atoms with E-state index in [0.717, 1.165) is 10.5 Å². The molecule has 150 valence electrons. The van der Waals surface area contributed by atoms with Crippen molar-refractivity contribution in [2.75, 3.05) is 6.79 Å². The third-order valence-electron chi connectivity index (χ3n) is 5.34. The van der Waals surface area contributed by atoms with Crippen molar-refractivity contribution in [3.63, 3.8) is 0 Å². The molecule has 1 saturated heterocycles. The van der Waals surface area contributed by atoms with Crippen molar-refractivity contribution < 1.29 is 29.0 Å². The van der Waals surface area contributed by atoms with Crippen LogP contribution in [0.1, 0.15) is 30.5 Å². The first-order valence-electron chi connectivity index (χ1n) is 9.34. The lowest BCUT2D eigenvalue weighted by molar-refractivity contribution is -0.177. The van der Waals surface area contributed by atoms with Crippen LogP contribution in [0.15, 0.2) is 42.6 Å². The lowest BCUT2D eigenvalue weighted by atomic mass is 9.82. The lowest BCUT2D eigenvalue weighted by Gasteiger charge is -2.43. The number of pyridine rings is 1. The van der Waals surface area contributed by atoms with E-state index in [1.165, 1.54) is 0 Å². The minimum Gasteiger partial charge on any atom is -0.480 e. The zero-order valence-electron chi connectivity index (χ0n) is 15.8. The van der Waals surface area contributed by atoms with Crippen molar-refractivity contribution in [3.05, 3.63) is 53.9 Å². The Morgan fingerprint density at radius 3 is 2.76 bits per heavy atom. The zero-order chi connectivity index (χ0) is 20.5. The zero-order valence-corrected chi connectivity index (χ0v) is 15.8. The Hall–Kier alpha value is -3.42. The summed E-state index contributed by atoms with van der Waals surface area (Å²) in [6.07, 6.45) is 1.80. The summed E-state index contributed by atoms with van der Waals surface area (Å²) >= 11 is 0. The van der Waals surface area contributed by atoms with Crippen LogP contribution in [-0.2, 0) is 20.8 Å². The van der Waals surface area contributed by atoms with Gasteiger partial charge >= 0.3 is 5.97 Å². The first-order chi connectivity index (χ1) is 14.0. The number of carbonyl (C=O) groups excluding carboxylic acids is 2. The highest BCUT2D eigenvalue weighted by molar-refractivity contribution is 6.08. The van der Waals surface area contributed by atoms with Crippen LogP contribution in [0.3, 0.4) is 0 Å². The summed E-state index contributed by atoms with van der Waals surface area (Å²) < 4.78 is 10.6. The fourth-order valence-electron chi connectivity index (χ4n) is 3.75. The number of β-lactam (4-membered cyclic amide) rings is 1. The Kier molecular flexibility index (Phi) is 4.92. The van der Waals surface area contributed by atoms with Gasteiger partial charge in [0.25, 0.3) is 0 Å². The fraction of sp³-hybridized carbons (Fsp3) is 0.333. The van der Waals surface area contributed by atoms with E-state index < -0.39 is 29.7 Å². The van der Waals surface area contributed by atoms with Crippen LogP contribution in [-0.4, -0.2) is 45.6 Å². The molecule has 0 radical (unpaired) electrons. The number of carbonyl (C=O) groups is 3. The molecule has 3 atom stereocenters. The van der Waals surface area contributed by atoms with Gasteiger partial charge in [0.05, 0.1) is 5.92 Å². The lowest BCUT2D eigenvalue weighted by Crippen LogP contribution is -2.66. The SMILES string of the molecule is C[C@@H](CC(=O)N1C(=O)[C@H](Cc2ccccn2)[C@H]1C(=O)O)c1ccc2c(c1)OCO2. The number of nitrogens with zero attached hydrogens (tertiary/aromatic N) is 2. The maximum Gasteiger partial charge on any atom is 0.327 e. The van der Waals surface area contributed by atoms with Gasteiger partial charge in [0, 0.05) is 24.7 Å². The number of hydrogen-bond acceptors (Lipinski definition) is 6. The van der Waals surface area contributed by atoms with E-state index in [1.54, 1.807) is 36.5 Å². The summed E-state index contributed by atoms with van der Waals surface area (Å²) in [7, 11) is 0. The number of ether oxygens (including phenoxy) is 2. The van der Waals surface area contributed by atoms with Crippen LogP contribution < -0.4 is 9.47 Å². The summed E-state index contributed by atoms with van der Waals surface area (Å²) in [6, 6.07) is 9.50. The summed E-state index contributed by atoms with van der Waals surface area (Å²) in [6.45, 7) is 2.01. The quantitative estimate of drug-likeness (QED) is 0.744. The number of benzene rings is 1. The Labute approximate surface area is 167 Å². The number of rotatable bonds is 6. The first-order valence-corrected chi connectivity index (χ1v) is 9.34. The highest BCUT2D eigenvalue weighted by atomic mass is 16.7. The van der Waals surface area contributed by atoms with Gasteiger partial charge in [-0.2, -0.15) is 0 Å². The molecule has 0 spiro atoms. The number of carboxylic acids is 1. The third kappa shape index (κ3) is 3.53. The number of likely N-dealkylation sites (tertiary alicyclic amines) is 1. The van der Waals surface area contributed by atoms with Crippen molar-refractivity contribution in [2.45, 2.75) is 31.7 Å². The van der Waals surface area contributed by atoms with E-state index in [9.17, 15) is 19.5 Å². The monoisotopic (exact) mass is 396 g/mol. The molecule has 0 bridgehead atoms.